The number of rotatable bonds is 2. The molecule has 0 saturated heterocycles. The molecular formula is C8H11N3. The Labute approximate surface area is 65.7 Å². The van der Waals surface area contributed by atoms with E-state index in [0.717, 1.165) is 5.69 Å². The summed E-state index contributed by atoms with van der Waals surface area (Å²) in [5.41, 5.74) is 12.5. The van der Waals surface area contributed by atoms with Gasteiger partial charge in [0.05, 0.1) is 23.6 Å². The van der Waals surface area contributed by atoms with Crippen molar-refractivity contribution in [3.05, 3.63) is 36.7 Å². The Kier molecular flexibility index (Phi) is 2.23. The molecule has 1 rings (SSSR count). The predicted molar refractivity (Wildman–Crippen MR) is 45.8 cm³/mol. The second-order valence-corrected chi connectivity index (χ2v) is 2.28. The Bertz CT molecular complexity index is 240. The van der Waals surface area contributed by atoms with Gasteiger partial charge in [0.15, 0.2) is 0 Å². The first-order valence-electron chi connectivity index (χ1n) is 3.33. The van der Waals surface area contributed by atoms with Crippen LogP contribution >= 0.6 is 0 Å². The lowest BCUT2D eigenvalue weighted by Gasteiger charge is -2.04. The summed E-state index contributed by atoms with van der Waals surface area (Å²) < 4.78 is 0. The van der Waals surface area contributed by atoms with Crippen molar-refractivity contribution in [2.45, 2.75) is 6.04 Å². The maximum Gasteiger partial charge on any atom is 0.0653 e. The summed E-state index contributed by atoms with van der Waals surface area (Å²) in [4.78, 5) is 4.03. The van der Waals surface area contributed by atoms with Crippen LogP contribution in [0.3, 0.4) is 0 Å². The van der Waals surface area contributed by atoms with Crippen LogP contribution in [0.2, 0.25) is 0 Å². The van der Waals surface area contributed by atoms with E-state index in [9.17, 15) is 0 Å². The van der Waals surface area contributed by atoms with E-state index in [1.54, 1.807) is 24.4 Å². The summed E-state index contributed by atoms with van der Waals surface area (Å²) in [5.74, 6) is 0. The first kappa shape index (κ1) is 7.75. The maximum atomic E-state index is 5.62. The Morgan fingerprint density at radius 3 is 2.73 bits per heavy atom. The number of hydrogen-bond donors (Lipinski definition) is 2. The smallest absolute Gasteiger partial charge is 0.0653 e. The molecule has 1 heterocycles. The lowest BCUT2D eigenvalue weighted by Crippen LogP contribution is -2.08. The van der Waals surface area contributed by atoms with Crippen molar-refractivity contribution < 1.29 is 0 Å². The van der Waals surface area contributed by atoms with Crippen molar-refractivity contribution in [1.29, 1.82) is 0 Å². The highest BCUT2D eigenvalue weighted by atomic mass is 14.8. The van der Waals surface area contributed by atoms with Crippen LogP contribution in [-0.2, 0) is 0 Å². The number of hydrogen-bond acceptors (Lipinski definition) is 3. The van der Waals surface area contributed by atoms with Crippen molar-refractivity contribution >= 4 is 5.69 Å². The first-order valence-corrected chi connectivity index (χ1v) is 3.33. The van der Waals surface area contributed by atoms with E-state index in [1.165, 1.54) is 0 Å². The van der Waals surface area contributed by atoms with Gasteiger partial charge in [-0.2, -0.15) is 0 Å². The normalized spacial score (nSPS) is 12.5. The van der Waals surface area contributed by atoms with Gasteiger partial charge in [0.25, 0.3) is 0 Å². The molecular weight excluding hydrogens is 138 g/mol. The van der Waals surface area contributed by atoms with Crippen molar-refractivity contribution in [3.8, 4) is 0 Å². The van der Waals surface area contributed by atoms with Gasteiger partial charge in [-0.15, -0.1) is 6.58 Å². The van der Waals surface area contributed by atoms with Crippen LogP contribution in [0, 0.1) is 0 Å². The zero-order chi connectivity index (χ0) is 8.27. The summed E-state index contributed by atoms with van der Waals surface area (Å²) in [7, 11) is 0. The Hall–Kier alpha value is -1.35. The summed E-state index contributed by atoms with van der Waals surface area (Å²) in [5, 5.41) is 0. The van der Waals surface area contributed by atoms with Crippen LogP contribution in [0.15, 0.2) is 31.0 Å². The molecule has 1 unspecified atom stereocenters. The molecule has 3 heteroatoms. The molecule has 0 aliphatic carbocycles. The number of nitrogens with zero attached hydrogens (tertiary/aromatic N) is 1. The van der Waals surface area contributed by atoms with E-state index in [2.05, 4.69) is 11.6 Å². The van der Waals surface area contributed by atoms with Crippen LogP contribution in [0.5, 0.6) is 0 Å². The molecule has 1 aromatic heterocycles. The molecule has 3 nitrogen and oxygen atoms in total. The van der Waals surface area contributed by atoms with Gasteiger partial charge in [-0.25, -0.2) is 0 Å². The highest BCUT2D eigenvalue weighted by Gasteiger charge is 2.00. The van der Waals surface area contributed by atoms with Crippen LogP contribution in [-0.4, -0.2) is 4.98 Å². The van der Waals surface area contributed by atoms with Gasteiger partial charge in [0, 0.05) is 0 Å². The molecule has 58 valence electrons. The van der Waals surface area contributed by atoms with Crippen LogP contribution in [0.1, 0.15) is 11.7 Å². The van der Waals surface area contributed by atoms with E-state index in [4.69, 9.17) is 11.5 Å². The van der Waals surface area contributed by atoms with E-state index in [0.29, 0.717) is 5.69 Å². The van der Waals surface area contributed by atoms with Crippen molar-refractivity contribution in [3.63, 3.8) is 0 Å². The number of nitrogens with two attached hydrogens (primary N) is 2. The Morgan fingerprint density at radius 1 is 1.55 bits per heavy atom. The fourth-order valence-electron chi connectivity index (χ4n) is 0.735. The molecule has 0 saturated carbocycles. The van der Waals surface area contributed by atoms with Gasteiger partial charge in [-0.05, 0) is 12.1 Å². The quantitative estimate of drug-likeness (QED) is 0.612. The minimum Gasteiger partial charge on any atom is -0.397 e. The lowest BCUT2D eigenvalue weighted by atomic mass is 10.2. The third-order valence-corrected chi connectivity index (χ3v) is 1.40. The molecule has 0 aliphatic rings. The molecule has 0 bridgehead atoms. The van der Waals surface area contributed by atoms with Crippen molar-refractivity contribution in [2.24, 2.45) is 5.73 Å². The number of anilines is 1. The maximum absolute atomic E-state index is 5.62. The average Bonchev–Trinajstić information content (AvgIpc) is 2.05. The average molecular weight is 149 g/mol. The van der Waals surface area contributed by atoms with E-state index < -0.39 is 0 Å². The Balaban J connectivity index is 2.89. The van der Waals surface area contributed by atoms with Gasteiger partial charge in [0.1, 0.15) is 0 Å². The third-order valence-electron chi connectivity index (χ3n) is 1.40. The molecule has 0 radical (unpaired) electrons. The largest absolute Gasteiger partial charge is 0.397 e. The molecule has 0 amide bonds. The number of nitrogen functional groups attached to an aromatic ring is 1. The number of aromatic nitrogens is 1. The van der Waals surface area contributed by atoms with E-state index >= 15 is 0 Å². The van der Waals surface area contributed by atoms with Gasteiger partial charge in [-0.1, -0.05) is 6.08 Å². The molecule has 1 aromatic rings. The standard InChI is InChI=1S/C8H11N3/c1-2-7(10)8-4-3-6(9)5-11-8/h2-5,7H,1,9-10H2. The summed E-state index contributed by atoms with van der Waals surface area (Å²) >= 11 is 0. The zero-order valence-corrected chi connectivity index (χ0v) is 6.20. The Morgan fingerprint density at radius 2 is 2.27 bits per heavy atom. The minimum absolute atomic E-state index is 0.199. The SMILES string of the molecule is C=CC(N)c1ccc(N)cn1. The van der Waals surface area contributed by atoms with Gasteiger partial charge >= 0.3 is 0 Å². The molecule has 0 fully saturated rings. The summed E-state index contributed by atoms with van der Waals surface area (Å²) in [6, 6.07) is 3.36. The van der Waals surface area contributed by atoms with Gasteiger partial charge < -0.3 is 11.5 Å². The van der Waals surface area contributed by atoms with E-state index in [-0.39, 0.29) is 6.04 Å². The molecule has 4 N–H and O–H groups in total. The van der Waals surface area contributed by atoms with Crippen molar-refractivity contribution in [1.82, 2.24) is 4.98 Å². The summed E-state index contributed by atoms with van der Waals surface area (Å²) in [6.07, 6.45) is 3.22. The number of pyridine rings is 1. The van der Waals surface area contributed by atoms with Crippen LogP contribution in [0.4, 0.5) is 5.69 Å². The topological polar surface area (TPSA) is 64.9 Å². The molecule has 1 atom stereocenters. The molecule has 11 heavy (non-hydrogen) atoms. The fourth-order valence-corrected chi connectivity index (χ4v) is 0.735. The fraction of sp³-hybridized carbons (Fsp3) is 0.125. The molecule has 0 spiro atoms. The monoisotopic (exact) mass is 149 g/mol. The second kappa shape index (κ2) is 3.16. The first-order chi connectivity index (χ1) is 5.24. The predicted octanol–water partition coefficient (Wildman–Crippen LogP) is 0.850. The van der Waals surface area contributed by atoms with Crippen molar-refractivity contribution in [2.75, 3.05) is 5.73 Å². The zero-order valence-electron chi connectivity index (χ0n) is 6.20. The highest BCUT2D eigenvalue weighted by molar-refractivity contribution is 5.35. The second-order valence-electron chi connectivity index (χ2n) is 2.28. The molecule has 0 aliphatic heterocycles. The van der Waals surface area contributed by atoms with E-state index in [1.807, 2.05) is 0 Å². The lowest BCUT2D eigenvalue weighted by molar-refractivity contribution is 0.865. The molecule has 0 aromatic carbocycles. The van der Waals surface area contributed by atoms with Gasteiger partial charge in [-0.3, -0.25) is 4.98 Å². The minimum atomic E-state index is -0.199. The van der Waals surface area contributed by atoms with Gasteiger partial charge in [0.2, 0.25) is 0 Å². The highest BCUT2D eigenvalue weighted by Crippen LogP contribution is 2.08. The van der Waals surface area contributed by atoms with Crippen LogP contribution in [0.25, 0.3) is 0 Å². The van der Waals surface area contributed by atoms with Crippen LogP contribution < -0.4 is 11.5 Å². The third kappa shape index (κ3) is 1.78. The summed E-state index contributed by atoms with van der Waals surface area (Å²) in [6.45, 7) is 3.56.